The van der Waals surface area contributed by atoms with E-state index in [1.165, 1.54) is 19.3 Å². The van der Waals surface area contributed by atoms with Gasteiger partial charge in [-0.05, 0) is 43.5 Å². The predicted molar refractivity (Wildman–Crippen MR) is 133 cm³/mol. The molecule has 5 rings (SSSR count). The van der Waals surface area contributed by atoms with Gasteiger partial charge in [-0.2, -0.15) is 0 Å². The van der Waals surface area contributed by atoms with Gasteiger partial charge in [-0.1, -0.05) is 6.42 Å². The number of methoxy groups -OCH3 is 1. The Morgan fingerprint density at radius 2 is 1.76 bits per heavy atom. The Balaban J connectivity index is 1.09. The SMILES string of the molecule is COc1ccc(-c2cnc(N3CCN(CC(=O)N4CCN(C5CCC5)CC4)CC3)cn2)cc1C. The number of carbonyl (C=O) groups is 1. The number of amides is 1. The quantitative estimate of drug-likeness (QED) is 0.650. The summed E-state index contributed by atoms with van der Waals surface area (Å²) in [5.41, 5.74) is 2.97. The van der Waals surface area contributed by atoms with Crippen LogP contribution >= 0.6 is 0 Å². The Labute approximate surface area is 202 Å². The van der Waals surface area contributed by atoms with Crippen LogP contribution in [0.1, 0.15) is 24.8 Å². The number of aryl methyl sites for hydroxylation is 1. The molecular formula is C26H36N6O2. The monoisotopic (exact) mass is 464 g/mol. The van der Waals surface area contributed by atoms with E-state index in [1.54, 1.807) is 7.11 Å². The number of hydrogen-bond acceptors (Lipinski definition) is 7. The van der Waals surface area contributed by atoms with Crippen molar-refractivity contribution in [2.24, 2.45) is 0 Å². The average Bonchev–Trinajstić information content (AvgIpc) is 2.84. The van der Waals surface area contributed by atoms with Gasteiger partial charge in [-0.3, -0.25) is 19.6 Å². The second-order valence-corrected chi connectivity index (χ2v) is 9.71. The summed E-state index contributed by atoms with van der Waals surface area (Å²) in [6, 6.07) is 6.84. The summed E-state index contributed by atoms with van der Waals surface area (Å²) in [6.07, 6.45) is 7.75. The second-order valence-electron chi connectivity index (χ2n) is 9.71. The molecule has 1 amide bonds. The summed E-state index contributed by atoms with van der Waals surface area (Å²) in [5.74, 6) is 2.05. The molecule has 0 spiro atoms. The van der Waals surface area contributed by atoms with Crippen LogP contribution in [0.4, 0.5) is 5.82 Å². The van der Waals surface area contributed by atoms with Crippen LogP contribution in [-0.4, -0.2) is 103 Å². The van der Waals surface area contributed by atoms with E-state index in [-0.39, 0.29) is 5.91 Å². The first-order valence-electron chi connectivity index (χ1n) is 12.6. The highest BCUT2D eigenvalue weighted by Gasteiger charge is 2.30. The second kappa shape index (κ2) is 10.3. The molecule has 34 heavy (non-hydrogen) atoms. The number of hydrogen-bond donors (Lipinski definition) is 0. The van der Waals surface area contributed by atoms with E-state index in [0.29, 0.717) is 6.54 Å². The van der Waals surface area contributed by atoms with Crippen molar-refractivity contribution in [1.82, 2.24) is 24.7 Å². The molecule has 2 aromatic rings. The minimum absolute atomic E-state index is 0.278. The number of aromatic nitrogens is 2. The molecule has 1 aliphatic carbocycles. The zero-order valence-corrected chi connectivity index (χ0v) is 20.4. The maximum atomic E-state index is 12.8. The number of rotatable bonds is 6. The average molecular weight is 465 g/mol. The van der Waals surface area contributed by atoms with Crippen LogP contribution in [0.2, 0.25) is 0 Å². The summed E-state index contributed by atoms with van der Waals surface area (Å²) in [4.78, 5) is 31.3. The van der Waals surface area contributed by atoms with Gasteiger partial charge < -0.3 is 14.5 Å². The van der Waals surface area contributed by atoms with Crippen LogP contribution in [0.3, 0.4) is 0 Å². The number of carbonyl (C=O) groups excluding carboxylic acids is 1. The Kier molecular flexibility index (Phi) is 6.97. The lowest BCUT2D eigenvalue weighted by Crippen LogP contribution is -2.56. The van der Waals surface area contributed by atoms with Gasteiger partial charge in [-0.25, -0.2) is 4.98 Å². The molecule has 3 heterocycles. The molecule has 3 aliphatic rings. The van der Waals surface area contributed by atoms with Crippen molar-refractivity contribution in [3.8, 4) is 17.0 Å². The van der Waals surface area contributed by atoms with Gasteiger partial charge in [0.2, 0.25) is 5.91 Å². The van der Waals surface area contributed by atoms with E-state index in [0.717, 1.165) is 86.8 Å². The molecule has 0 N–H and O–H groups in total. The summed E-state index contributed by atoms with van der Waals surface area (Å²) in [5, 5.41) is 0. The van der Waals surface area contributed by atoms with Crippen LogP contribution in [0.15, 0.2) is 30.6 Å². The van der Waals surface area contributed by atoms with E-state index in [4.69, 9.17) is 4.74 Å². The number of anilines is 1. The highest BCUT2D eigenvalue weighted by Crippen LogP contribution is 2.26. The van der Waals surface area contributed by atoms with Crippen molar-refractivity contribution in [3.63, 3.8) is 0 Å². The highest BCUT2D eigenvalue weighted by molar-refractivity contribution is 5.78. The van der Waals surface area contributed by atoms with Crippen molar-refractivity contribution in [3.05, 3.63) is 36.2 Å². The lowest BCUT2D eigenvalue weighted by Gasteiger charge is -2.43. The van der Waals surface area contributed by atoms with Crippen LogP contribution in [0, 0.1) is 6.92 Å². The summed E-state index contributed by atoms with van der Waals surface area (Å²) in [7, 11) is 1.68. The molecule has 3 fully saturated rings. The molecule has 182 valence electrons. The zero-order chi connectivity index (χ0) is 23.5. The fraction of sp³-hybridized carbons (Fsp3) is 0.577. The number of nitrogens with zero attached hydrogens (tertiary/aromatic N) is 6. The Bertz CT molecular complexity index is 977. The first-order chi connectivity index (χ1) is 16.6. The Hall–Kier alpha value is -2.71. The standard InChI is InChI=1S/C26H36N6O2/c1-20-16-21(6-7-24(20)34-2)23-17-28-25(18-27-23)31-10-8-29(9-11-31)19-26(33)32-14-12-30(13-15-32)22-4-3-5-22/h6-7,16-18,22H,3-5,8-15,19H2,1-2H3. The van der Waals surface area contributed by atoms with Crippen LogP contribution in [0.5, 0.6) is 5.75 Å². The minimum Gasteiger partial charge on any atom is -0.496 e. The number of piperazine rings is 2. The van der Waals surface area contributed by atoms with Gasteiger partial charge in [0, 0.05) is 64.0 Å². The van der Waals surface area contributed by atoms with Crippen LogP contribution < -0.4 is 9.64 Å². The lowest BCUT2D eigenvalue weighted by molar-refractivity contribution is -0.134. The zero-order valence-electron chi connectivity index (χ0n) is 20.4. The van der Waals surface area contributed by atoms with E-state index in [9.17, 15) is 4.79 Å². The van der Waals surface area contributed by atoms with Crippen molar-refractivity contribution >= 4 is 11.7 Å². The molecule has 0 atom stereocenters. The van der Waals surface area contributed by atoms with Crippen molar-refractivity contribution < 1.29 is 9.53 Å². The topological polar surface area (TPSA) is 65.0 Å². The maximum Gasteiger partial charge on any atom is 0.236 e. The molecule has 2 saturated heterocycles. The lowest BCUT2D eigenvalue weighted by atomic mass is 9.91. The normalized spacial score (nSPS) is 20.3. The van der Waals surface area contributed by atoms with Crippen molar-refractivity contribution in [1.29, 1.82) is 0 Å². The van der Waals surface area contributed by atoms with Gasteiger partial charge in [0.05, 0.1) is 31.7 Å². The molecule has 2 aliphatic heterocycles. The van der Waals surface area contributed by atoms with Gasteiger partial charge >= 0.3 is 0 Å². The molecular weight excluding hydrogens is 428 g/mol. The van der Waals surface area contributed by atoms with E-state index >= 15 is 0 Å². The number of ether oxygens (including phenoxy) is 1. The first-order valence-corrected chi connectivity index (χ1v) is 12.6. The third kappa shape index (κ3) is 5.03. The largest absolute Gasteiger partial charge is 0.496 e. The summed E-state index contributed by atoms with van der Waals surface area (Å²) >= 11 is 0. The molecule has 8 nitrogen and oxygen atoms in total. The third-order valence-corrected chi connectivity index (χ3v) is 7.64. The molecule has 0 bridgehead atoms. The van der Waals surface area contributed by atoms with Gasteiger partial charge in [0.15, 0.2) is 0 Å². The maximum absolute atomic E-state index is 12.8. The van der Waals surface area contributed by atoms with Crippen LogP contribution in [-0.2, 0) is 4.79 Å². The molecule has 1 saturated carbocycles. The van der Waals surface area contributed by atoms with Gasteiger partial charge in [0.1, 0.15) is 11.6 Å². The fourth-order valence-corrected chi connectivity index (χ4v) is 5.19. The number of benzene rings is 1. The first kappa shape index (κ1) is 23.1. The highest BCUT2D eigenvalue weighted by atomic mass is 16.5. The third-order valence-electron chi connectivity index (χ3n) is 7.64. The van der Waals surface area contributed by atoms with E-state index in [2.05, 4.69) is 35.6 Å². The molecule has 1 aromatic carbocycles. The molecule has 8 heteroatoms. The van der Waals surface area contributed by atoms with E-state index < -0.39 is 0 Å². The van der Waals surface area contributed by atoms with Crippen molar-refractivity contribution in [2.45, 2.75) is 32.2 Å². The van der Waals surface area contributed by atoms with E-state index in [1.807, 2.05) is 31.5 Å². The molecule has 0 unspecified atom stereocenters. The smallest absolute Gasteiger partial charge is 0.236 e. The summed E-state index contributed by atoms with van der Waals surface area (Å²) < 4.78 is 5.35. The Morgan fingerprint density at radius 1 is 1.00 bits per heavy atom. The Morgan fingerprint density at radius 3 is 2.35 bits per heavy atom. The summed E-state index contributed by atoms with van der Waals surface area (Å²) in [6.45, 7) is 9.85. The minimum atomic E-state index is 0.278. The predicted octanol–water partition coefficient (Wildman–Crippen LogP) is 2.28. The van der Waals surface area contributed by atoms with Gasteiger partial charge in [-0.15, -0.1) is 0 Å². The van der Waals surface area contributed by atoms with Crippen LogP contribution in [0.25, 0.3) is 11.3 Å². The van der Waals surface area contributed by atoms with Gasteiger partial charge in [0.25, 0.3) is 0 Å². The molecule has 0 radical (unpaired) electrons. The molecule has 1 aromatic heterocycles. The van der Waals surface area contributed by atoms with Crippen molar-refractivity contribution in [2.75, 3.05) is 70.9 Å². The fourth-order valence-electron chi connectivity index (χ4n) is 5.19.